The van der Waals surface area contributed by atoms with Gasteiger partial charge in [0.15, 0.2) is 0 Å². The minimum Gasteiger partial charge on any atom is -0.397 e. The second kappa shape index (κ2) is 5.83. The first-order valence-corrected chi connectivity index (χ1v) is 5.95. The number of nitrogens with zero attached hydrogens (tertiary/aromatic N) is 1. The van der Waals surface area contributed by atoms with E-state index in [1.54, 1.807) is 37.4 Å². The third-order valence-electron chi connectivity index (χ3n) is 2.63. The van der Waals surface area contributed by atoms with Gasteiger partial charge in [0.25, 0.3) is 11.8 Å². The molecule has 1 heterocycles. The van der Waals surface area contributed by atoms with E-state index in [0.717, 1.165) is 0 Å². The molecule has 0 saturated heterocycles. The van der Waals surface area contributed by atoms with E-state index < -0.39 is 0 Å². The number of hydrogen-bond acceptors (Lipinski definition) is 4. The number of nitrogen functional groups attached to an aromatic ring is 1. The van der Waals surface area contributed by atoms with Gasteiger partial charge >= 0.3 is 0 Å². The number of hydrogen-bond donors (Lipinski definition) is 3. The molecule has 102 valence electrons. The van der Waals surface area contributed by atoms with E-state index in [1.165, 1.54) is 12.3 Å². The zero-order chi connectivity index (χ0) is 14.5. The highest BCUT2D eigenvalue weighted by atomic mass is 16.2. The Morgan fingerprint density at radius 3 is 2.60 bits per heavy atom. The molecule has 1 aromatic carbocycles. The van der Waals surface area contributed by atoms with E-state index >= 15 is 0 Å². The lowest BCUT2D eigenvalue weighted by Gasteiger charge is -2.06. The van der Waals surface area contributed by atoms with E-state index in [0.29, 0.717) is 16.9 Å². The first-order chi connectivity index (χ1) is 9.60. The maximum Gasteiger partial charge on any atom is 0.274 e. The summed E-state index contributed by atoms with van der Waals surface area (Å²) in [7, 11) is 1.55. The SMILES string of the molecule is CNC(=O)c1cccc(NC(=O)c2ccc(N)cn2)c1. The minimum absolute atomic E-state index is 0.216. The Hall–Kier alpha value is -2.89. The predicted molar refractivity (Wildman–Crippen MR) is 76.4 cm³/mol. The van der Waals surface area contributed by atoms with Crippen molar-refractivity contribution >= 4 is 23.2 Å². The Morgan fingerprint density at radius 2 is 1.95 bits per heavy atom. The molecule has 0 saturated carbocycles. The topological polar surface area (TPSA) is 97.1 Å². The van der Waals surface area contributed by atoms with Gasteiger partial charge in [-0.2, -0.15) is 0 Å². The number of amides is 2. The van der Waals surface area contributed by atoms with Crippen LogP contribution in [0.15, 0.2) is 42.6 Å². The van der Waals surface area contributed by atoms with Crippen LogP contribution in [-0.4, -0.2) is 23.8 Å². The van der Waals surface area contributed by atoms with Crippen LogP contribution in [0.4, 0.5) is 11.4 Å². The summed E-state index contributed by atoms with van der Waals surface area (Å²) >= 11 is 0. The lowest BCUT2D eigenvalue weighted by atomic mass is 10.2. The smallest absolute Gasteiger partial charge is 0.274 e. The van der Waals surface area contributed by atoms with Crippen molar-refractivity contribution in [3.05, 3.63) is 53.9 Å². The fourth-order valence-corrected chi connectivity index (χ4v) is 1.62. The Kier molecular flexibility index (Phi) is 3.95. The van der Waals surface area contributed by atoms with Gasteiger partial charge in [-0.25, -0.2) is 4.98 Å². The van der Waals surface area contributed by atoms with Crippen LogP contribution < -0.4 is 16.4 Å². The lowest BCUT2D eigenvalue weighted by Crippen LogP contribution is -2.18. The summed E-state index contributed by atoms with van der Waals surface area (Å²) in [5, 5.41) is 5.20. The molecule has 2 amide bonds. The molecule has 4 N–H and O–H groups in total. The van der Waals surface area contributed by atoms with Gasteiger partial charge in [0, 0.05) is 18.3 Å². The number of anilines is 2. The molecule has 20 heavy (non-hydrogen) atoms. The number of nitrogens with one attached hydrogen (secondary N) is 2. The number of nitrogens with two attached hydrogens (primary N) is 1. The second-order valence-corrected chi connectivity index (χ2v) is 4.09. The Balaban J connectivity index is 2.15. The molecule has 0 aliphatic heterocycles. The number of rotatable bonds is 3. The van der Waals surface area contributed by atoms with Crippen molar-refractivity contribution in [2.45, 2.75) is 0 Å². The molecule has 0 bridgehead atoms. The van der Waals surface area contributed by atoms with Gasteiger partial charge in [0.2, 0.25) is 0 Å². The molecule has 2 rings (SSSR count). The largest absolute Gasteiger partial charge is 0.397 e. The third-order valence-corrected chi connectivity index (χ3v) is 2.63. The molecule has 0 spiro atoms. The van der Waals surface area contributed by atoms with E-state index in [1.807, 2.05) is 0 Å². The van der Waals surface area contributed by atoms with Gasteiger partial charge in [0.1, 0.15) is 5.69 Å². The van der Waals surface area contributed by atoms with E-state index in [9.17, 15) is 9.59 Å². The highest BCUT2D eigenvalue weighted by Crippen LogP contribution is 2.12. The van der Waals surface area contributed by atoms with Crippen LogP contribution in [0.1, 0.15) is 20.8 Å². The Morgan fingerprint density at radius 1 is 1.15 bits per heavy atom. The van der Waals surface area contributed by atoms with Crippen molar-refractivity contribution < 1.29 is 9.59 Å². The van der Waals surface area contributed by atoms with Gasteiger partial charge in [-0.05, 0) is 30.3 Å². The van der Waals surface area contributed by atoms with Crippen LogP contribution in [0, 0.1) is 0 Å². The normalized spacial score (nSPS) is 9.85. The van der Waals surface area contributed by atoms with Crippen molar-refractivity contribution in [3.8, 4) is 0 Å². The molecule has 0 fully saturated rings. The standard InChI is InChI=1S/C14H14N4O2/c1-16-13(19)9-3-2-4-11(7-9)18-14(20)12-6-5-10(15)8-17-12/h2-8H,15H2,1H3,(H,16,19)(H,18,20). The van der Waals surface area contributed by atoms with Crippen molar-refractivity contribution in [1.82, 2.24) is 10.3 Å². The number of carbonyl (C=O) groups is 2. The van der Waals surface area contributed by atoms with Crippen LogP contribution in [0.25, 0.3) is 0 Å². The highest BCUT2D eigenvalue weighted by molar-refractivity contribution is 6.04. The number of pyridine rings is 1. The molecular weight excluding hydrogens is 256 g/mol. The fraction of sp³-hybridized carbons (Fsp3) is 0.0714. The summed E-state index contributed by atoms with van der Waals surface area (Å²) in [6.45, 7) is 0. The first kappa shape index (κ1) is 13.5. The van der Waals surface area contributed by atoms with Crippen molar-refractivity contribution in [2.24, 2.45) is 0 Å². The van der Waals surface area contributed by atoms with E-state index in [-0.39, 0.29) is 17.5 Å². The van der Waals surface area contributed by atoms with Gasteiger partial charge in [-0.15, -0.1) is 0 Å². The molecule has 0 atom stereocenters. The third kappa shape index (κ3) is 3.11. The zero-order valence-electron chi connectivity index (χ0n) is 10.9. The number of carbonyl (C=O) groups excluding carboxylic acids is 2. The minimum atomic E-state index is -0.362. The van der Waals surface area contributed by atoms with Gasteiger partial charge in [-0.1, -0.05) is 6.07 Å². The number of aromatic nitrogens is 1. The molecule has 0 aliphatic rings. The lowest BCUT2D eigenvalue weighted by molar-refractivity contribution is 0.0961. The zero-order valence-corrected chi connectivity index (χ0v) is 10.9. The summed E-state index contributed by atoms with van der Waals surface area (Å²) < 4.78 is 0. The van der Waals surface area contributed by atoms with E-state index in [4.69, 9.17) is 5.73 Å². The summed E-state index contributed by atoms with van der Waals surface area (Å²) in [6.07, 6.45) is 1.41. The predicted octanol–water partition coefficient (Wildman–Crippen LogP) is 1.28. The monoisotopic (exact) mass is 270 g/mol. The first-order valence-electron chi connectivity index (χ1n) is 5.95. The second-order valence-electron chi connectivity index (χ2n) is 4.09. The molecule has 2 aromatic rings. The molecule has 6 nitrogen and oxygen atoms in total. The Labute approximate surface area is 116 Å². The van der Waals surface area contributed by atoms with Gasteiger partial charge < -0.3 is 16.4 Å². The van der Waals surface area contributed by atoms with Crippen LogP contribution in [0.5, 0.6) is 0 Å². The molecule has 0 radical (unpaired) electrons. The molecule has 0 unspecified atom stereocenters. The van der Waals surface area contributed by atoms with Gasteiger partial charge in [-0.3, -0.25) is 9.59 Å². The summed E-state index contributed by atoms with van der Waals surface area (Å²) in [5.74, 6) is -0.578. The van der Waals surface area contributed by atoms with Gasteiger partial charge in [0.05, 0.1) is 11.9 Å². The summed E-state index contributed by atoms with van der Waals surface area (Å²) in [6, 6.07) is 9.78. The fourth-order valence-electron chi connectivity index (χ4n) is 1.62. The molecule has 1 aromatic heterocycles. The van der Waals surface area contributed by atoms with E-state index in [2.05, 4.69) is 15.6 Å². The van der Waals surface area contributed by atoms with Crippen LogP contribution >= 0.6 is 0 Å². The Bertz CT molecular complexity index is 638. The van der Waals surface area contributed by atoms with Crippen LogP contribution in [-0.2, 0) is 0 Å². The average molecular weight is 270 g/mol. The maximum absolute atomic E-state index is 12.0. The maximum atomic E-state index is 12.0. The molecule has 0 aliphatic carbocycles. The van der Waals surface area contributed by atoms with Crippen molar-refractivity contribution in [2.75, 3.05) is 18.1 Å². The van der Waals surface area contributed by atoms with Crippen molar-refractivity contribution in [1.29, 1.82) is 0 Å². The number of benzene rings is 1. The highest BCUT2D eigenvalue weighted by Gasteiger charge is 2.09. The molecule has 6 heteroatoms. The summed E-state index contributed by atoms with van der Waals surface area (Å²) in [5.41, 5.74) is 7.24. The van der Waals surface area contributed by atoms with Crippen LogP contribution in [0.3, 0.4) is 0 Å². The van der Waals surface area contributed by atoms with Crippen molar-refractivity contribution in [3.63, 3.8) is 0 Å². The summed E-state index contributed by atoms with van der Waals surface area (Å²) in [4.78, 5) is 27.4. The van der Waals surface area contributed by atoms with Crippen LogP contribution in [0.2, 0.25) is 0 Å². The quantitative estimate of drug-likeness (QED) is 0.782. The average Bonchev–Trinajstić information content (AvgIpc) is 2.47. The molecular formula is C14H14N4O2.